The molecule has 10 heavy (non-hydrogen) atoms. The lowest BCUT2D eigenvalue weighted by molar-refractivity contribution is 0.362. The summed E-state index contributed by atoms with van der Waals surface area (Å²) in [5, 5.41) is 0.865. The van der Waals surface area contributed by atoms with Crippen molar-refractivity contribution >= 4 is 11.8 Å². The van der Waals surface area contributed by atoms with E-state index in [0.717, 1.165) is 23.0 Å². The van der Waals surface area contributed by atoms with Crippen LogP contribution in [-0.2, 0) is 0 Å². The van der Waals surface area contributed by atoms with Crippen molar-refractivity contribution in [3.8, 4) is 0 Å². The van der Waals surface area contributed by atoms with Gasteiger partial charge in [0.05, 0.1) is 0 Å². The molecule has 1 heterocycles. The Kier molecular flexibility index (Phi) is 1.02. The van der Waals surface area contributed by atoms with E-state index < -0.39 is 0 Å². The highest BCUT2D eigenvalue weighted by molar-refractivity contribution is 8.00. The maximum Gasteiger partial charge on any atom is 0.0233 e. The van der Waals surface area contributed by atoms with Crippen LogP contribution in [0.25, 0.3) is 0 Å². The molecule has 5 atom stereocenters. The summed E-state index contributed by atoms with van der Waals surface area (Å²) in [6.45, 7) is 0. The smallest absolute Gasteiger partial charge is 0.0233 e. The molecule has 2 aliphatic carbocycles. The fourth-order valence-corrected chi connectivity index (χ4v) is 5.01. The Morgan fingerprint density at radius 1 is 1.20 bits per heavy atom. The summed E-state index contributed by atoms with van der Waals surface area (Å²) in [6.07, 6.45) is 2.92. The molecular formula is C8H13NS. The summed E-state index contributed by atoms with van der Waals surface area (Å²) in [6, 6.07) is 0.564. The molecule has 2 saturated carbocycles. The first-order chi connectivity index (χ1) is 4.86. The van der Waals surface area contributed by atoms with E-state index in [1.54, 1.807) is 0 Å². The molecule has 3 aliphatic rings. The van der Waals surface area contributed by atoms with Gasteiger partial charge >= 0.3 is 0 Å². The third-order valence-corrected chi connectivity index (χ3v) is 5.30. The highest BCUT2D eigenvalue weighted by atomic mass is 32.2. The van der Waals surface area contributed by atoms with Crippen LogP contribution in [-0.4, -0.2) is 17.0 Å². The summed E-state index contributed by atoms with van der Waals surface area (Å²) >= 11 is 2.15. The quantitative estimate of drug-likeness (QED) is 0.566. The maximum atomic E-state index is 6.08. The fraction of sp³-hybridized carbons (Fsp3) is 1.00. The molecule has 1 aliphatic heterocycles. The fourth-order valence-electron chi connectivity index (χ4n) is 3.13. The molecule has 2 heteroatoms. The summed E-state index contributed by atoms with van der Waals surface area (Å²) in [7, 11) is 0. The normalized spacial score (nSPS) is 63.9. The van der Waals surface area contributed by atoms with Gasteiger partial charge in [-0.25, -0.2) is 0 Å². The maximum absolute atomic E-state index is 6.08. The zero-order valence-corrected chi connectivity index (χ0v) is 6.81. The molecule has 0 unspecified atom stereocenters. The number of thioether (sulfide) groups is 1. The van der Waals surface area contributed by atoms with Gasteiger partial charge in [-0.2, -0.15) is 11.8 Å². The predicted molar refractivity (Wildman–Crippen MR) is 43.9 cm³/mol. The average molecular weight is 155 g/mol. The Labute approximate surface area is 65.7 Å². The first-order valence-electron chi connectivity index (χ1n) is 4.23. The van der Waals surface area contributed by atoms with E-state index in [0.29, 0.717) is 6.04 Å². The highest BCUT2D eigenvalue weighted by Gasteiger charge is 2.54. The number of hydrogen-bond donors (Lipinski definition) is 1. The molecule has 2 bridgehead atoms. The van der Waals surface area contributed by atoms with Gasteiger partial charge in [-0.1, -0.05) is 0 Å². The van der Waals surface area contributed by atoms with Crippen LogP contribution in [0.4, 0.5) is 0 Å². The minimum absolute atomic E-state index is 0.564. The van der Waals surface area contributed by atoms with Crippen molar-refractivity contribution in [2.75, 3.05) is 5.75 Å². The summed E-state index contributed by atoms with van der Waals surface area (Å²) in [4.78, 5) is 0. The van der Waals surface area contributed by atoms with Gasteiger partial charge in [-0.15, -0.1) is 0 Å². The van der Waals surface area contributed by atoms with Crippen LogP contribution in [0.3, 0.4) is 0 Å². The zero-order chi connectivity index (χ0) is 6.72. The second kappa shape index (κ2) is 1.72. The number of fused-ring (bicyclic) bond motifs is 1. The van der Waals surface area contributed by atoms with Crippen LogP contribution in [0.15, 0.2) is 0 Å². The summed E-state index contributed by atoms with van der Waals surface area (Å²) < 4.78 is 0. The lowest BCUT2D eigenvalue weighted by Crippen LogP contribution is -2.37. The first-order valence-corrected chi connectivity index (χ1v) is 5.28. The van der Waals surface area contributed by atoms with Crippen LogP contribution >= 0.6 is 11.8 Å². The molecule has 3 fully saturated rings. The molecule has 0 radical (unpaired) electrons. The van der Waals surface area contributed by atoms with Gasteiger partial charge in [0.15, 0.2) is 0 Å². The predicted octanol–water partition coefficient (Wildman–Crippen LogP) is 1.09. The van der Waals surface area contributed by atoms with Gasteiger partial charge in [-0.05, 0) is 36.3 Å². The average Bonchev–Trinajstić information content (AvgIpc) is 2.43. The van der Waals surface area contributed by atoms with Gasteiger partial charge < -0.3 is 5.73 Å². The van der Waals surface area contributed by atoms with E-state index in [4.69, 9.17) is 5.73 Å². The molecule has 3 rings (SSSR count). The van der Waals surface area contributed by atoms with Crippen LogP contribution in [0.2, 0.25) is 0 Å². The Hall–Kier alpha value is 0.310. The largest absolute Gasteiger partial charge is 0.326 e. The number of hydrogen-bond acceptors (Lipinski definition) is 2. The van der Waals surface area contributed by atoms with E-state index in [1.807, 2.05) is 0 Å². The SMILES string of the molecule is N[C@@H]1[C@H]2C[C@@H]3CS[C@H]1[C@H]3C2. The van der Waals surface area contributed by atoms with E-state index in [-0.39, 0.29) is 0 Å². The van der Waals surface area contributed by atoms with Crippen molar-refractivity contribution < 1.29 is 0 Å². The Morgan fingerprint density at radius 2 is 2.10 bits per heavy atom. The second-order valence-electron chi connectivity index (χ2n) is 4.03. The topological polar surface area (TPSA) is 26.0 Å². The number of rotatable bonds is 0. The number of nitrogens with two attached hydrogens (primary N) is 1. The zero-order valence-electron chi connectivity index (χ0n) is 5.99. The molecular weight excluding hydrogens is 142 g/mol. The van der Waals surface area contributed by atoms with Crippen LogP contribution in [0.1, 0.15) is 12.8 Å². The molecule has 0 aromatic rings. The Balaban J connectivity index is 2.00. The minimum atomic E-state index is 0.564. The van der Waals surface area contributed by atoms with Gasteiger partial charge in [0.1, 0.15) is 0 Å². The third-order valence-electron chi connectivity index (χ3n) is 3.63. The van der Waals surface area contributed by atoms with Crippen molar-refractivity contribution in [1.29, 1.82) is 0 Å². The monoisotopic (exact) mass is 155 g/mol. The first kappa shape index (κ1) is 5.90. The molecule has 0 aromatic heterocycles. The Bertz CT molecular complexity index is 169. The van der Waals surface area contributed by atoms with Gasteiger partial charge in [0.25, 0.3) is 0 Å². The standard InChI is InChI=1S/C8H13NS/c9-7-4-1-5-3-10-8(7)6(5)2-4/h4-8H,1-3,9H2/t4-,5+,6-,7+,8-/m0/s1. The summed E-state index contributed by atoms with van der Waals surface area (Å²) in [5.41, 5.74) is 6.08. The van der Waals surface area contributed by atoms with Gasteiger partial charge in [0.2, 0.25) is 0 Å². The van der Waals surface area contributed by atoms with Crippen molar-refractivity contribution in [1.82, 2.24) is 0 Å². The van der Waals surface area contributed by atoms with Crippen molar-refractivity contribution in [2.24, 2.45) is 23.5 Å². The molecule has 2 N–H and O–H groups in total. The van der Waals surface area contributed by atoms with E-state index in [2.05, 4.69) is 11.8 Å². The lowest BCUT2D eigenvalue weighted by atomic mass is 9.88. The van der Waals surface area contributed by atoms with Crippen LogP contribution in [0.5, 0.6) is 0 Å². The third kappa shape index (κ3) is 0.517. The molecule has 0 amide bonds. The van der Waals surface area contributed by atoms with E-state index in [9.17, 15) is 0 Å². The van der Waals surface area contributed by atoms with E-state index in [1.165, 1.54) is 18.6 Å². The molecule has 0 aromatic carbocycles. The molecule has 1 nitrogen and oxygen atoms in total. The summed E-state index contributed by atoms with van der Waals surface area (Å²) in [5.74, 6) is 4.43. The van der Waals surface area contributed by atoms with Crippen molar-refractivity contribution in [2.45, 2.75) is 24.1 Å². The molecule has 0 spiro atoms. The second-order valence-corrected chi connectivity index (χ2v) is 5.24. The molecule has 56 valence electrons. The lowest BCUT2D eigenvalue weighted by Gasteiger charge is -2.23. The van der Waals surface area contributed by atoms with E-state index >= 15 is 0 Å². The molecule has 1 saturated heterocycles. The van der Waals surface area contributed by atoms with Gasteiger partial charge in [-0.3, -0.25) is 0 Å². The minimum Gasteiger partial charge on any atom is -0.326 e. The van der Waals surface area contributed by atoms with Crippen LogP contribution < -0.4 is 5.73 Å². The van der Waals surface area contributed by atoms with Crippen molar-refractivity contribution in [3.63, 3.8) is 0 Å². The van der Waals surface area contributed by atoms with Crippen molar-refractivity contribution in [3.05, 3.63) is 0 Å². The van der Waals surface area contributed by atoms with Crippen LogP contribution in [0, 0.1) is 17.8 Å². The Morgan fingerprint density at radius 3 is 2.80 bits per heavy atom. The highest BCUT2D eigenvalue weighted by Crippen LogP contribution is 2.58. The van der Waals surface area contributed by atoms with Gasteiger partial charge in [0, 0.05) is 11.3 Å².